The fourth-order valence-corrected chi connectivity index (χ4v) is 2.84. The Kier molecular flexibility index (Phi) is 7.52. The van der Waals surface area contributed by atoms with Crippen molar-refractivity contribution in [3.63, 3.8) is 0 Å². The molecule has 1 saturated heterocycles. The Balaban J connectivity index is 1.78. The third-order valence-electron chi connectivity index (χ3n) is 4.32. The van der Waals surface area contributed by atoms with Crippen molar-refractivity contribution in [1.82, 2.24) is 15.1 Å². The van der Waals surface area contributed by atoms with Crippen LogP contribution in [0.3, 0.4) is 0 Å². The third-order valence-corrected chi connectivity index (χ3v) is 4.32. The van der Waals surface area contributed by atoms with Gasteiger partial charge < -0.3 is 24.6 Å². The van der Waals surface area contributed by atoms with E-state index in [1.807, 2.05) is 13.8 Å². The molecule has 1 fully saturated rings. The smallest absolute Gasteiger partial charge is 0.251 e. The van der Waals surface area contributed by atoms with Crippen LogP contribution >= 0.6 is 0 Å². The standard InChI is InChI=1S/C19H31N3O3/c1-15(2)25-17-7-6-16(14-18(17)24-4)19(23)20-8-5-9-22-12-10-21(3)11-13-22/h6-7,14-15H,5,8-13H2,1-4H3,(H,20,23). The molecule has 0 unspecified atom stereocenters. The number of piperazine rings is 1. The maximum atomic E-state index is 12.3. The first-order chi connectivity index (χ1) is 12.0. The van der Waals surface area contributed by atoms with Crippen molar-refractivity contribution in [2.75, 3.05) is 53.4 Å². The van der Waals surface area contributed by atoms with Crippen LogP contribution in [-0.4, -0.2) is 75.2 Å². The quantitative estimate of drug-likeness (QED) is 0.726. The summed E-state index contributed by atoms with van der Waals surface area (Å²) in [7, 11) is 3.74. The van der Waals surface area contributed by atoms with E-state index in [0.29, 0.717) is 23.6 Å². The number of carbonyl (C=O) groups is 1. The van der Waals surface area contributed by atoms with E-state index >= 15 is 0 Å². The van der Waals surface area contributed by atoms with E-state index in [1.165, 1.54) is 0 Å². The number of hydrogen-bond donors (Lipinski definition) is 1. The molecule has 1 aliphatic rings. The number of hydrogen-bond acceptors (Lipinski definition) is 5. The molecule has 0 atom stereocenters. The number of methoxy groups -OCH3 is 1. The molecule has 0 saturated carbocycles. The lowest BCUT2D eigenvalue weighted by Gasteiger charge is -2.32. The van der Waals surface area contributed by atoms with Gasteiger partial charge >= 0.3 is 0 Å². The zero-order valence-electron chi connectivity index (χ0n) is 15.9. The lowest BCUT2D eigenvalue weighted by molar-refractivity contribution is 0.0949. The molecule has 0 aromatic heterocycles. The maximum absolute atomic E-state index is 12.3. The van der Waals surface area contributed by atoms with Crippen LogP contribution in [0.15, 0.2) is 18.2 Å². The Morgan fingerprint density at radius 1 is 1.20 bits per heavy atom. The molecule has 6 heteroatoms. The van der Waals surface area contributed by atoms with Gasteiger partial charge in [0.15, 0.2) is 11.5 Å². The largest absolute Gasteiger partial charge is 0.493 e. The highest BCUT2D eigenvalue weighted by Crippen LogP contribution is 2.28. The summed E-state index contributed by atoms with van der Waals surface area (Å²) in [5.41, 5.74) is 0.590. The van der Waals surface area contributed by atoms with E-state index in [0.717, 1.165) is 39.1 Å². The molecule has 1 aromatic carbocycles. The van der Waals surface area contributed by atoms with Crippen molar-refractivity contribution in [2.45, 2.75) is 26.4 Å². The van der Waals surface area contributed by atoms with Gasteiger partial charge in [0.05, 0.1) is 13.2 Å². The molecule has 1 heterocycles. The molecule has 1 N–H and O–H groups in total. The van der Waals surface area contributed by atoms with Crippen LogP contribution in [-0.2, 0) is 0 Å². The molecule has 1 aromatic rings. The minimum absolute atomic E-state index is 0.0585. The van der Waals surface area contributed by atoms with Gasteiger partial charge in [-0.05, 0) is 52.1 Å². The third kappa shape index (κ3) is 6.21. The predicted octanol–water partition coefficient (Wildman–Crippen LogP) is 1.85. The van der Waals surface area contributed by atoms with Gasteiger partial charge in [0, 0.05) is 38.3 Å². The molecular weight excluding hydrogens is 318 g/mol. The first kappa shape index (κ1) is 19.5. The first-order valence-electron chi connectivity index (χ1n) is 9.03. The fraction of sp³-hybridized carbons (Fsp3) is 0.632. The highest BCUT2D eigenvalue weighted by atomic mass is 16.5. The Morgan fingerprint density at radius 2 is 1.92 bits per heavy atom. The Hall–Kier alpha value is -1.79. The maximum Gasteiger partial charge on any atom is 0.251 e. The van der Waals surface area contributed by atoms with Gasteiger partial charge in [-0.25, -0.2) is 0 Å². The van der Waals surface area contributed by atoms with Crippen LogP contribution in [0.2, 0.25) is 0 Å². The number of nitrogens with one attached hydrogen (secondary N) is 1. The zero-order valence-corrected chi connectivity index (χ0v) is 15.9. The number of amides is 1. The average Bonchev–Trinajstić information content (AvgIpc) is 2.60. The van der Waals surface area contributed by atoms with Gasteiger partial charge in [-0.15, -0.1) is 0 Å². The molecule has 0 radical (unpaired) electrons. The molecule has 0 aliphatic carbocycles. The first-order valence-corrected chi connectivity index (χ1v) is 9.03. The summed E-state index contributed by atoms with van der Waals surface area (Å²) in [6, 6.07) is 5.29. The van der Waals surface area contributed by atoms with Crippen LogP contribution in [0.4, 0.5) is 0 Å². The molecule has 2 rings (SSSR count). The molecular formula is C19H31N3O3. The minimum Gasteiger partial charge on any atom is -0.493 e. The van der Waals surface area contributed by atoms with Crippen molar-refractivity contribution in [2.24, 2.45) is 0 Å². The zero-order chi connectivity index (χ0) is 18.2. The van der Waals surface area contributed by atoms with Crippen molar-refractivity contribution in [3.8, 4) is 11.5 Å². The van der Waals surface area contributed by atoms with Gasteiger partial charge in [0.2, 0.25) is 0 Å². The monoisotopic (exact) mass is 349 g/mol. The predicted molar refractivity (Wildman–Crippen MR) is 99.6 cm³/mol. The van der Waals surface area contributed by atoms with E-state index in [9.17, 15) is 4.79 Å². The van der Waals surface area contributed by atoms with E-state index in [-0.39, 0.29) is 12.0 Å². The molecule has 140 valence electrons. The second-order valence-corrected chi connectivity index (χ2v) is 6.79. The average molecular weight is 349 g/mol. The lowest BCUT2D eigenvalue weighted by Crippen LogP contribution is -2.45. The SMILES string of the molecule is COc1cc(C(=O)NCCCN2CCN(C)CC2)ccc1OC(C)C. The second kappa shape index (κ2) is 9.63. The fourth-order valence-electron chi connectivity index (χ4n) is 2.84. The second-order valence-electron chi connectivity index (χ2n) is 6.79. The van der Waals surface area contributed by atoms with Crippen LogP contribution in [0.25, 0.3) is 0 Å². The van der Waals surface area contributed by atoms with Gasteiger partial charge in [0.1, 0.15) is 0 Å². The van der Waals surface area contributed by atoms with Gasteiger partial charge in [-0.2, -0.15) is 0 Å². The van der Waals surface area contributed by atoms with Crippen LogP contribution in [0.1, 0.15) is 30.6 Å². The molecule has 1 aliphatic heterocycles. The summed E-state index contributed by atoms with van der Waals surface area (Å²) in [5.74, 6) is 1.16. The summed E-state index contributed by atoms with van der Waals surface area (Å²) in [5, 5.41) is 2.99. The van der Waals surface area contributed by atoms with E-state index in [4.69, 9.17) is 9.47 Å². The number of ether oxygens (including phenoxy) is 2. The molecule has 0 bridgehead atoms. The number of nitrogens with zero attached hydrogens (tertiary/aromatic N) is 2. The highest BCUT2D eigenvalue weighted by Gasteiger charge is 2.14. The molecule has 25 heavy (non-hydrogen) atoms. The highest BCUT2D eigenvalue weighted by molar-refractivity contribution is 5.94. The Labute approximate surface area is 151 Å². The van der Waals surface area contributed by atoms with Gasteiger partial charge in [-0.3, -0.25) is 4.79 Å². The Morgan fingerprint density at radius 3 is 2.56 bits per heavy atom. The summed E-state index contributed by atoms with van der Waals surface area (Å²) < 4.78 is 11.0. The van der Waals surface area contributed by atoms with E-state index in [2.05, 4.69) is 22.2 Å². The normalized spacial score (nSPS) is 16.0. The van der Waals surface area contributed by atoms with Crippen LogP contribution in [0, 0.1) is 0 Å². The lowest BCUT2D eigenvalue weighted by atomic mass is 10.2. The van der Waals surface area contributed by atoms with E-state index in [1.54, 1.807) is 25.3 Å². The van der Waals surface area contributed by atoms with Crippen molar-refractivity contribution < 1.29 is 14.3 Å². The summed E-state index contributed by atoms with van der Waals surface area (Å²) in [4.78, 5) is 17.1. The van der Waals surface area contributed by atoms with Crippen LogP contribution < -0.4 is 14.8 Å². The molecule has 0 spiro atoms. The van der Waals surface area contributed by atoms with Crippen LogP contribution in [0.5, 0.6) is 11.5 Å². The number of benzene rings is 1. The van der Waals surface area contributed by atoms with E-state index < -0.39 is 0 Å². The van der Waals surface area contributed by atoms with Crippen molar-refractivity contribution in [3.05, 3.63) is 23.8 Å². The minimum atomic E-state index is -0.0761. The van der Waals surface area contributed by atoms with Gasteiger partial charge in [-0.1, -0.05) is 0 Å². The Bertz CT molecular complexity index is 555. The van der Waals surface area contributed by atoms with Gasteiger partial charge in [0.25, 0.3) is 5.91 Å². The number of carbonyl (C=O) groups excluding carboxylic acids is 1. The van der Waals surface area contributed by atoms with Crippen molar-refractivity contribution >= 4 is 5.91 Å². The summed E-state index contributed by atoms with van der Waals surface area (Å²) in [6.45, 7) is 10.1. The number of rotatable bonds is 8. The summed E-state index contributed by atoms with van der Waals surface area (Å²) >= 11 is 0. The number of likely N-dealkylation sites (N-methyl/N-ethyl adjacent to an activating group) is 1. The molecule has 1 amide bonds. The molecule has 6 nitrogen and oxygen atoms in total. The topological polar surface area (TPSA) is 54.0 Å². The summed E-state index contributed by atoms with van der Waals surface area (Å²) in [6.07, 6.45) is 1.02. The van der Waals surface area contributed by atoms with Crippen molar-refractivity contribution in [1.29, 1.82) is 0 Å².